The molecule has 0 bridgehead atoms. The second-order valence-electron chi connectivity index (χ2n) is 7.46. The van der Waals surface area contributed by atoms with Crippen LogP contribution in [0.25, 0.3) is 10.9 Å². The molecule has 3 aromatic rings. The normalized spacial score (nSPS) is 20.5. The molecule has 5 nitrogen and oxygen atoms in total. The highest BCUT2D eigenvalue weighted by molar-refractivity contribution is 7.91. The Hall–Kier alpha value is -1.86. The molecule has 148 valence electrons. The lowest BCUT2D eigenvalue weighted by atomic mass is 10.2. The number of benzene rings is 2. The minimum atomic E-state index is -3.70. The molecule has 0 radical (unpaired) electrons. The fourth-order valence-corrected chi connectivity index (χ4v) is 6.24. The summed E-state index contributed by atoms with van der Waals surface area (Å²) >= 11 is 6.12. The lowest BCUT2D eigenvalue weighted by Crippen LogP contribution is -2.54. The van der Waals surface area contributed by atoms with Crippen LogP contribution in [0, 0.1) is 0 Å². The second kappa shape index (κ2) is 7.52. The number of piperazine rings is 1. The van der Waals surface area contributed by atoms with Gasteiger partial charge in [-0.15, -0.1) is 0 Å². The van der Waals surface area contributed by atoms with E-state index in [2.05, 4.69) is 23.8 Å². The highest BCUT2D eigenvalue weighted by atomic mass is 35.5. The van der Waals surface area contributed by atoms with Crippen LogP contribution in [0.4, 0.5) is 0 Å². The molecule has 2 unspecified atom stereocenters. The van der Waals surface area contributed by atoms with E-state index in [1.165, 1.54) is 6.07 Å². The number of para-hydroxylation sites is 1. The van der Waals surface area contributed by atoms with E-state index in [-0.39, 0.29) is 10.9 Å². The standard InChI is InChI=1S/C21H24ClN3O2S/c1-16-15-23(2)12-13-24(16)21(25-11-10-17-6-3-4-9-20(17)25)28(26,27)19-8-5-7-18(22)14-19/h3-11,14,16,21H,12-13,15H2,1-2H3. The molecule has 0 aliphatic carbocycles. The molecule has 7 heteroatoms. The van der Waals surface area contributed by atoms with Gasteiger partial charge in [-0.3, -0.25) is 4.90 Å². The molecular formula is C21H24ClN3O2S. The number of halogens is 1. The van der Waals surface area contributed by atoms with Crippen LogP contribution in [0.1, 0.15) is 12.4 Å². The van der Waals surface area contributed by atoms with Crippen molar-refractivity contribution in [3.8, 4) is 0 Å². The van der Waals surface area contributed by atoms with Crippen LogP contribution in [0.2, 0.25) is 5.02 Å². The Labute approximate surface area is 171 Å². The van der Waals surface area contributed by atoms with Gasteiger partial charge in [0, 0.05) is 36.9 Å². The van der Waals surface area contributed by atoms with Crippen molar-refractivity contribution in [2.24, 2.45) is 0 Å². The smallest absolute Gasteiger partial charge is 0.213 e. The molecular weight excluding hydrogens is 394 g/mol. The van der Waals surface area contributed by atoms with Gasteiger partial charge < -0.3 is 9.47 Å². The third-order valence-electron chi connectivity index (χ3n) is 5.44. The lowest BCUT2D eigenvalue weighted by Gasteiger charge is -2.42. The molecule has 1 aromatic heterocycles. The van der Waals surface area contributed by atoms with Crippen molar-refractivity contribution in [3.05, 3.63) is 65.8 Å². The van der Waals surface area contributed by atoms with Gasteiger partial charge in [0.25, 0.3) is 0 Å². The molecule has 28 heavy (non-hydrogen) atoms. The number of fused-ring (bicyclic) bond motifs is 1. The SMILES string of the molecule is CC1CN(C)CCN1C(n1ccc2ccccc21)S(=O)(=O)c1cccc(Cl)c1. The third-order valence-corrected chi connectivity index (χ3v) is 7.63. The quantitative estimate of drug-likeness (QED) is 0.646. The number of rotatable bonds is 4. The van der Waals surface area contributed by atoms with Gasteiger partial charge in [0.1, 0.15) is 0 Å². The monoisotopic (exact) mass is 417 g/mol. The minimum Gasteiger partial charge on any atom is -0.318 e. The average molecular weight is 418 g/mol. The zero-order chi connectivity index (χ0) is 19.9. The van der Waals surface area contributed by atoms with E-state index >= 15 is 0 Å². The van der Waals surface area contributed by atoms with Crippen molar-refractivity contribution in [2.75, 3.05) is 26.7 Å². The maximum Gasteiger partial charge on any atom is 0.213 e. The Morgan fingerprint density at radius 3 is 2.61 bits per heavy atom. The van der Waals surface area contributed by atoms with Gasteiger partial charge in [0.2, 0.25) is 9.84 Å². The summed E-state index contributed by atoms with van der Waals surface area (Å²) in [7, 11) is -1.63. The molecule has 1 aliphatic heterocycles. The largest absolute Gasteiger partial charge is 0.318 e. The van der Waals surface area contributed by atoms with E-state index in [4.69, 9.17) is 11.6 Å². The van der Waals surface area contributed by atoms with Gasteiger partial charge in [-0.1, -0.05) is 35.9 Å². The average Bonchev–Trinajstić information content (AvgIpc) is 3.07. The second-order valence-corrected chi connectivity index (χ2v) is 9.88. The molecule has 2 heterocycles. The van der Waals surface area contributed by atoms with E-state index in [0.29, 0.717) is 11.6 Å². The number of hydrogen-bond acceptors (Lipinski definition) is 4. The Morgan fingerprint density at radius 1 is 1.07 bits per heavy atom. The van der Waals surface area contributed by atoms with Crippen LogP contribution in [0.5, 0.6) is 0 Å². The minimum absolute atomic E-state index is 0.0962. The highest BCUT2D eigenvalue weighted by Crippen LogP contribution is 2.34. The maximum atomic E-state index is 13.8. The first-order valence-electron chi connectivity index (χ1n) is 9.37. The third kappa shape index (κ3) is 3.46. The first-order valence-corrected chi connectivity index (χ1v) is 11.3. The number of likely N-dealkylation sites (N-methyl/N-ethyl adjacent to an activating group) is 1. The molecule has 4 rings (SSSR count). The molecule has 1 fully saturated rings. The predicted molar refractivity (Wildman–Crippen MR) is 113 cm³/mol. The molecule has 1 saturated heterocycles. The Morgan fingerprint density at radius 2 is 1.86 bits per heavy atom. The summed E-state index contributed by atoms with van der Waals surface area (Å²) < 4.78 is 29.5. The van der Waals surface area contributed by atoms with Gasteiger partial charge >= 0.3 is 0 Å². The topological polar surface area (TPSA) is 45.5 Å². The van der Waals surface area contributed by atoms with Gasteiger partial charge in [0.05, 0.1) is 10.4 Å². The molecule has 0 N–H and O–H groups in total. The number of sulfone groups is 1. The molecule has 2 atom stereocenters. The Kier molecular flexibility index (Phi) is 5.22. The van der Waals surface area contributed by atoms with E-state index < -0.39 is 15.3 Å². The fraction of sp³-hybridized carbons (Fsp3) is 0.333. The van der Waals surface area contributed by atoms with Crippen molar-refractivity contribution >= 4 is 32.3 Å². The molecule has 0 spiro atoms. The lowest BCUT2D eigenvalue weighted by molar-refractivity contribution is 0.0661. The summed E-state index contributed by atoms with van der Waals surface area (Å²) in [6, 6.07) is 16.5. The highest BCUT2D eigenvalue weighted by Gasteiger charge is 2.39. The van der Waals surface area contributed by atoms with Crippen LogP contribution in [0.3, 0.4) is 0 Å². The summed E-state index contributed by atoms with van der Waals surface area (Å²) in [6.45, 7) is 4.41. The van der Waals surface area contributed by atoms with Crippen LogP contribution in [0.15, 0.2) is 65.7 Å². The number of aromatic nitrogens is 1. The van der Waals surface area contributed by atoms with E-state index in [1.54, 1.807) is 18.2 Å². The van der Waals surface area contributed by atoms with Crippen molar-refractivity contribution in [1.82, 2.24) is 14.4 Å². The van der Waals surface area contributed by atoms with E-state index in [1.807, 2.05) is 41.1 Å². The van der Waals surface area contributed by atoms with Crippen LogP contribution in [-0.2, 0) is 9.84 Å². The maximum absolute atomic E-state index is 13.8. The van der Waals surface area contributed by atoms with Crippen molar-refractivity contribution < 1.29 is 8.42 Å². The number of nitrogens with zero attached hydrogens (tertiary/aromatic N) is 3. The summed E-state index contributed by atoms with van der Waals surface area (Å²) in [5, 5.41) is 1.44. The molecule has 2 aromatic carbocycles. The van der Waals surface area contributed by atoms with Crippen molar-refractivity contribution in [1.29, 1.82) is 0 Å². The summed E-state index contributed by atoms with van der Waals surface area (Å²) in [6.07, 6.45) is 1.88. The Bertz CT molecular complexity index is 1100. The summed E-state index contributed by atoms with van der Waals surface area (Å²) in [5.74, 6) is 0. The van der Waals surface area contributed by atoms with E-state index in [9.17, 15) is 8.42 Å². The zero-order valence-electron chi connectivity index (χ0n) is 16.0. The zero-order valence-corrected chi connectivity index (χ0v) is 17.6. The number of hydrogen-bond donors (Lipinski definition) is 0. The Balaban J connectivity index is 1.89. The van der Waals surface area contributed by atoms with E-state index in [0.717, 1.165) is 24.0 Å². The molecule has 0 amide bonds. The fourth-order valence-electron chi connectivity index (χ4n) is 4.03. The molecule has 1 aliphatic rings. The predicted octanol–water partition coefficient (Wildman–Crippen LogP) is 3.86. The summed E-state index contributed by atoms with van der Waals surface area (Å²) in [4.78, 5) is 4.56. The first-order chi connectivity index (χ1) is 13.4. The van der Waals surface area contributed by atoms with Crippen molar-refractivity contribution in [2.45, 2.75) is 23.4 Å². The van der Waals surface area contributed by atoms with Gasteiger partial charge in [-0.2, -0.15) is 0 Å². The van der Waals surface area contributed by atoms with Gasteiger partial charge in [-0.25, -0.2) is 8.42 Å². The van der Waals surface area contributed by atoms with Gasteiger partial charge in [0.15, 0.2) is 5.50 Å². The van der Waals surface area contributed by atoms with Crippen LogP contribution in [-0.4, -0.2) is 55.5 Å². The van der Waals surface area contributed by atoms with Gasteiger partial charge in [-0.05, 0) is 49.7 Å². The van der Waals surface area contributed by atoms with Crippen molar-refractivity contribution in [3.63, 3.8) is 0 Å². The van der Waals surface area contributed by atoms with Crippen LogP contribution < -0.4 is 0 Å². The first kappa shape index (κ1) is 19.5. The van der Waals surface area contributed by atoms with Crippen LogP contribution >= 0.6 is 11.6 Å². The molecule has 0 saturated carbocycles. The summed E-state index contributed by atoms with van der Waals surface area (Å²) in [5.41, 5.74) is 0.0822.